The molecule has 0 aliphatic heterocycles. The van der Waals surface area contributed by atoms with E-state index in [1.54, 1.807) is 18.9 Å². The molecule has 0 bridgehead atoms. The quantitative estimate of drug-likeness (QED) is 0.783. The first-order valence-electron chi connectivity index (χ1n) is 6.00. The van der Waals surface area contributed by atoms with E-state index in [4.69, 9.17) is 0 Å². The van der Waals surface area contributed by atoms with Gasteiger partial charge in [0.2, 0.25) is 5.91 Å². The summed E-state index contributed by atoms with van der Waals surface area (Å²) in [7, 11) is 1.80. The lowest BCUT2D eigenvalue weighted by Crippen LogP contribution is -2.23. The molecule has 2 heteroatoms. The van der Waals surface area contributed by atoms with Crippen molar-refractivity contribution in [1.82, 2.24) is 0 Å². The minimum Gasteiger partial charge on any atom is -0.315 e. The summed E-state index contributed by atoms with van der Waals surface area (Å²) in [6.07, 6.45) is 0. The van der Waals surface area contributed by atoms with Gasteiger partial charge in [-0.3, -0.25) is 4.79 Å². The van der Waals surface area contributed by atoms with Gasteiger partial charge in [-0.15, -0.1) is 0 Å². The Morgan fingerprint density at radius 1 is 1.06 bits per heavy atom. The van der Waals surface area contributed by atoms with Crippen molar-refractivity contribution >= 4 is 11.6 Å². The Kier molecular flexibility index (Phi) is 3.47. The third kappa shape index (κ3) is 2.43. The van der Waals surface area contributed by atoms with Gasteiger partial charge in [0.05, 0.1) is 5.69 Å². The van der Waals surface area contributed by atoms with Gasteiger partial charge < -0.3 is 4.90 Å². The van der Waals surface area contributed by atoms with Crippen LogP contribution in [-0.4, -0.2) is 13.0 Å². The molecule has 0 atom stereocenters. The molecule has 18 heavy (non-hydrogen) atoms. The van der Waals surface area contributed by atoms with Crippen LogP contribution in [0.5, 0.6) is 0 Å². The molecule has 0 saturated heterocycles. The molecule has 2 aromatic carbocycles. The van der Waals surface area contributed by atoms with E-state index in [9.17, 15) is 4.79 Å². The topological polar surface area (TPSA) is 20.3 Å². The summed E-state index contributed by atoms with van der Waals surface area (Å²) in [6, 6.07) is 16.3. The number of nitrogens with zero attached hydrogens (tertiary/aromatic N) is 1. The second kappa shape index (κ2) is 5.05. The number of rotatable bonds is 2. The van der Waals surface area contributed by atoms with Crippen LogP contribution in [0.1, 0.15) is 12.5 Å². The maximum Gasteiger partial charge on any atom is 0.223 e. The summed E-state index contributed by atoms with van der Waals surface area (Å²) < 4.78 is 0. The Labute approximate surface area is 108 Å². The van der Waals surface area contributed by atoms with Gasteiger partial charge in [0, 0.05) is 19.5 Å². The monoisotopic (exact) mass is 239 g/mol. The lowest BCUT2D eigenvalue weighted by molar-refractivity contribution is -0.116. The average Bonchev–Trinajstić information content (AvgIpc) is 2.39. The molecule has 2 nitrogen and oxygen atoms in total. The Bertz CT molecular complexity index is 561. The zero-order valence-electron chi connectivity index (χ0n) is 11.0. The van der Waals surface area contributed by atoms with Gasteiger partial charge in [-0.25, -0.2) is 0 Å². The average molecular weight is 239 g/mol. The van der Waals surface area contributed by atoms with Gasteiger partial charge in [0.25, 0.3) is 0 Å². The Hall–Kier alpha value is -2.09. The van der Waals surface area contributed by atoms with Crippen molar-refractivity contribution in [3.63, 3.8) is 0 Å². The zero-order chi connectivity index (χ0) is 13.1. The maximum atomic E-state index is 11.5. The highest BCUT2D eigenvalue weighted by molar-refractivity contribution is 5.96. The summed E-state index contributed by atoms with van der Waals surface area (Å²) in [6.45, 7) is 3.64. The molecule has 0 aliphatic rings. The van der Waals surface area contributed by atoms with Gasteiger partial charge in [-0.2, -0.15) is 0 Å². The van der Waals surface area contributed by atoms with Gasteiger partial charge >= 0.3 is 0 Å². The Morgan fingerprint density at radius 3 is 2.33 bits per heavy atom. The molecule has 2 rings (SSSR count). The summed E-state index contributed by atoms with van der Waals surface area (Å²) in [4.78, 5) is 13.2. The van der Waals surface area contributed by atoms with E-state index in [1.165, 1.54) is 5.56 Å². The van der Waals surface area contributed by atoms with Crippen LogP contribution >= 0.6 is 0 Å². The number of amides is 1. The number of carbonyl (C=O) groups is 1. The fourth-order valence-electron chi connectivity index (χ4n) is 1.96. The molecule has 0 N–H and O–H groups in total. The molecule has 2 aromatic rings. The van der Waals surface area contributed by atoms with E-state index in [0.29, 0.717) is 0 Å². The second-order valence-electron chi connectivity index (χ2n) is 4.46. The highest BCUT2D eigenvalue weighted by atomic mass is 16.2. The molecule has 0 radical (unpaired) electrons. The summed E-state index contributed by atoms with van der Waals surface area (Å²) >= 11 is 0. The molecule has 1 amide bonds. The molecule has 0 spiro atoms. The normalized spacial score (nSPS) is 10.2. The van der Waals surface area contributed by atoms with E-state index >= 15 is 0 Å². The van der Waals surface area contributed by atoms with Gasteiger partial charge in [0.1, 0.15) is 0 Å². The highest BCUT2D eigenvalue weighted by Crippen LogP contribution is 2.31. The van der Waals surface area contributed by atoms with Gasteiger partial charge in [-0.1, -0.05) is 42.0 Å². The lowest BCUT2D eigenvalue weighted by Gasteiger charge is -2.20. The third-order valence-electron chi connectivity index (χ3n) is 3.07. The van der Waals surface area contributed by atoms with Crippen LogP contribution in [0.15, 0.2) is 48.5 Å². The Morgan fingerprint density at radius 2 is 1.72 bits per heavy atom. The standard InChI is InChI=1S/C16H17NO/c1-12-9-10-16(17(3)13(2)18)15(11-12)14-7-5-4-6-8-14/h4-11H,1-3H3. The van der Waals surface area contributed by atoms with Crippen LogP contribution in [0.4, 0.5) is 5.69 Å². The minimum atomic E-state index is 0.0380. The minimum absolute atomic E-state index is 0.0380. The lowest BCUT2D eigenvalue weighted by atomic mass is 10.0. The molecule has 0 heterocycles. The molecule has 92 valence electrons. The van der Waals surface area contributed by atoms with Crippen molar-refractivity contribution in [3.8, 4) is 11.1 Å². The molecule has 0 aromatic heterocycles. The smallest absolute Gasteiger partial charge is 0.223 e. The van der Waals surface area contributed by atoms with Crippen molar-refractivity contribution in [2.24, 2.45) is 0 Å². The van der Waals surface area contributed by atoms with Crippen LogP contribution in [0, 0.1) is 6.92 Å². The first-order chi connectivity index (χ1) is 8.59. The molecule has 0 saturated carbocycles. The Balaban J connectivity index is 2.58. The van der Waals surface area contributed by atoms with Gasteiger partial charge in [-0.05, 0) is 24.6 Å². The van der Waals surface area contributed by atoms with E-state index in [-0.39, 0.29) is 5.91 Å². The van der Waals surface area contributed by atoms with Crippen LogP contribution in [0.25, 0.3) is 11.1 Å². The number of carbonyl (C=O) groups excluding carboxylic acids is 1. The highest BCUT2D eigenvalue weighted by Gasteiger charge is 2.12. The van der Waals surface area contributed by atoms with E-state index < -0.39 is 0 Å². The van der Waals surface area contributed by atoms with Crippen LogP contribution in [0.2, 0.25) is 0 Å². The third-order valence-corrected chi connectivity index (χ3v) is 3.07. The number of hydrogen-bond acceptors (Lipinski definition) is 1. The number of hydrogen-bond donors (Lipinski definition) is 0. The van der Waals surface area contributed by atoms with Crippen LogP contribution < -0.4 is 4.90 Å². The van der Waals surface area contributed by atoms with Crippen molar-refractivity contribution in [1.29, 1.82) is 0 Å². The predicted molar refractivity (Wildman–Crippen MR) is 75.7 cm³/mol. The molecule has 0 fully saturated rings. The van der Waals surface area contributed by atoms with Crippen molar-refractivity contribution in [3.05, 3.63) is 54.1 Å². The van der Waals surface area contributed by atoms with Crippen molar-refractivity contribution in [2.75, 3.05) is 11.9 Å². The zero-order valence-corrected chi connectivity index (χ0v) is 11.0. The van der Waals surface area contributed by atoms with Crippen LogP contribution in [-0.2, 0) is 4.79 Å². The number of aryl methyl sites for hydroxylation is 1. The first-order valence-corrected chi connectivity index (χ1v) is 6.00. The fourth-order valence-corrected chi connectivity index (χ4v) is 1.96. The molecular weight excluding hydrogens is 222 g/mol. The van der Waals surface area contributed by atoms with Crippen LogP contribution in [0.3, 0.4) is 0 Å². The second-order valence-corrected chi connectivity index (χ2v) is 4.46. The molecule has 0 aliphatic carbocycles. The van der Waals surface area contributed by atoms with Crippen molar-refractivity contribution in [2.45, 2.75) is 13.8 Å². The molecule has 0 unspecified atom stereocenters. The van der Waals surface area contributed by atoms with E-state index in [2.05, 4.69) is 25.1 Å². The fraction of sp³-hybridized carbons (Fsp3) is 0.188. The largest absolute Gasteiger partial charge is 0.315 e. The number of anilines is 1. The maximum absolute atomic E-state index is 11.5. The summed E-state index contributed by atoms with van der Waals surface area (Å²) in [5.41, 5.74) is 4.35. The first kappa shape index (κ1) is 12.4. The van der Waals surface area contributed by atoms with E-state index in [0.717, 1.165) is 16.8 Å². The summed E-state index contributed by atoms with van der Waals surface area (Å²) in [5, 5.41) is 0. The van der Waals surface area contributed by atoms with Crippen molar-refractivity contribution < 1.29 is 4.79 Å². The van der Waals surface area contributed by atoms with E-state index in [1.807, 2.05) is 30.3 Å². The predicted octanol–water partition coefficient (Wildman–Crippen LogP) is 3.64. The molecular formula is C16H17NO. The van der Waals surface area contributed by atoms with Gasteiger partial charge in [0.15, 0.2) is 0 Å². The number of benzene rings is 2. The summed E-state index contributed by atoms with van der Waals surface area (Å²) in [5.74, 6) is 0.0380. The SMILES string of the molecule is CC(=O)N(C)c1ccc(C)cc1-c1ccccc1.